The molecular formula is C27H31N5O3. The van der Waals surface area contributed by atoms with Crippen LogP contribution in [0.4, 0.5) is 0 Å². The molecule has 5 rings (SSSR count). The van der Waals surface area contributed by atoms with E-state index in [0.717, 1.165) is 24.0 Å². The smallest absolute Gasteiger partial charge is 0.250 e. The largest absolute Gasteiger partial charge is 0.338 e. The van der Waals surface area contributed by atoms with Gasteiger partial charge in [-0.05, 0) is 25.3 Å². The monoisotopic (exact) mass is 473 g/mol. The van der Waals surface area contributed by atoms with Gasteiger partial charge in [0, 0.05) is 44.7 Å². The second-order valence-electron chi connectivity index (χ2n) is 9.34. The normalized spacial score (nSPS) is 18.0. The highest BCUT2D eigenvalue weighted by molar-refractivity contribution is 5.89. The van der Waals surface area contributed by atoms with Gasteiger partial charge >= 0.3 is 0 Å². The number of aryl methyl sites for hydroxylation is 1. The quantitative estimate of drug-likeness (QED) is 0.545. The topological polar surface area (TPSA) is 82.8 Å². The number of hydrogen-bond donors (Lipinski definition) is 0. The number of carbonyl (C=O) groups is 2. The Hall–Kier alpha value is -3.52. The molecule has 3 aromatic rings. The van der Waals surface area contributed by atoms with Crippen LogP contribution in [0.2, 0.25) is 0 Å². The van der Waals surface area contributed by atoms with Gasteiger partial charge in [-0.1, -0.05) is 65.3 Å². The molecule has 2 amide bonds. The number of benzene rings is 2. The Kier molecular flexibility index (Phi) is 6.90. The number of rotatable bonds is 6. The molecule has 2 saturated heterocycles. The Balaban J connectivity index is 1.22. The van der Waals surface area contributed by atoms with E-state index in [9.17, 15) is 9.59 Å². The molecule has 1 atom stereocenters. The number of nitrogens with zero attached hydrogens (tertiary/aromatic N) is 5. The molecule has 0 spiro atoms. The summed E-state index contributed by atoms with van der Waals surface area (Å²) in [5, 5.41) is 4.13. The van der Waals surface area contributed by atoms with Gasteiger partial charge in [-0.15, -0.1) is 0 Å². The standard InChI is InChI=1S/C27H31N5O3/c1-20-10-12-22(13-11-20)26-28-23(35-29-26)19-30-15-17-31(18-16-30)27(34)25(21-7-3-2-4-8-21)32-14-6-5-9-24(32)33/h2-4,7-8,10-13,25H,5-6,9,14-19H2,1H3. The van der Waals surface area contributed by atoms with Crippen molar-refractivity contribution in [1.82, 2.24) is 24.8 Å². The fourth-order valence-corrected chi connectivity index (χ4v) is 4.82. The lowest BCUT2D eigenvalue weighted by Gasteiger charge is -2.40. The van der Waals surface area contributed by atoms with Gasteiger partial charge in [-0.2, -0.15) is 4.98 Å². The molecule has 1 aromatic heterocycles. The number of piperazine rings is 1. The van der Waals surface area contributed by atoms with Crippen LogP contribution in [-0.2, 0) is 16.1 Å². The van der Waals surface area contributed by atoms with Crippen molar-refractivity contribution in [2.24, 2.45) is 0 Å². The molecule has 2 fully saturated rings. The summed E-state index contributed by atoms with van der Waals surface area (Å²) in [5.41, 5.74) is 2.99. The zero-order valence-corrected chi connectivity index (χ0v) is 20.1. The first-order valence-corrected chi connectivity index (χ1v) is 12.3. The van der Waals surface area contributed by atoms with E-state index >= 15 is 0 Å². The Morgan fingerprint density at radius 3 is 2.43 bits per heavy atom. The average Bonchev–Trinajstić information content (AvgIpc) is 3.35. The molecule has 2 aliphatic heterocycles. The molecule has 1 unspecified atom stereocenters. The molecular weight excluding hydrogens is 442 g/mol. The van der Waals surface area contributed by atoms with Crippen LogP contribution in [0.5, 0.6) is 0 Å². The minimum Gasteiger partial charge on any atom is -0.338 e. The Morgan fingerprint density at radius 2 is 1.71 bits per heavy atom. The predicted octanol–water partition coefficient (Wildman–Crippen LogP) is 3.44. The van der Waals surface area contributed by atoms with Crippen LogP contribution in [0.3, 0.4) is 0 Å². The fourth-order valence-electron chi connectivity index (χ4n) is 4.82. The SMILES string of the molecule is Cc1ccc(-c2noc(CN3CCN(C(=O)C(c4ccccc4)N4CCCCC4=O)CC3)n2)cc1. The van der Waals surface area contributed by atoms with E-state index < -0.39 is 6.04 Å². The van der Waals surface area contributed by atoms with Crippen molar-refractivity contribution in [1.29, 1.82) is 0 Å². The fraction of sp³-hybridized carbons (Fsp3) is 0.407. The zero-order chi connectivity index (χ0) is 24.2. The molecule has 0 N–H and O–H groups in total. The maximum atomic E-state index is 13.7. The minimum absolute atomic E-state index is 0.00514. The number of hydrogen-bond acceptors (Lipinski definition) is 6. The molecule has 8 nitrogen and oxygen atoms in total. The molecule has 3 heterocycles. The van der Waals surface area contributed by atoms with E-state index in [4.69, 9.17) is 4.52 Å². The highest BCUT2D eigenvalue weighted by Gasteiger charge is 2.36. The molecule has 0 radical (unpaired) electrons. The number of likely N-dealkylation sites (tertiary alicyclic amines) is 1. The molecule has 0 saturated carbocycles. The lowest BCUT2D eigenvalue weighted by molar-refractivity contribution is -0.149. The number of aromatic nitrogens is 2. The number of piperidine rings is 1. The third-order valence-electron chi connectivity index (χ3n) is 6.84. The van der Waals surface area contributed by atoms with Gasteiger partial charge < -0.3 is 14.3 Å². The van der Waals surface area contributed by atoms with Gasteiger partial charge in [0.2, 0.25) is 23.5 Å². The Bertz CT molecular complexity index is 1150. The van der Waals surface area contributed by atoms with Crippen molar-refractivity contribution in [3.05, 3.63) is 71.6 Å². The molecule has 8 heteroatoms. The van der Waals surface area contributed by atoms with E-state index in [1.165, 1.54) is 5.56 Å². The van der Waals surface area contributed by atoms with E-state index in [-0.39, 0.29) is 11.8 Å². The van der Waals surface area contributed by atoms with Crippen LogP contribution in [0.15, 0.2) is 59.1 Å². The van der Waals surface area contributed by atoms with Crippen molar-refractivity contribution >= 4 is 11.8 Å². The van der Waals surface area contributed by atoms with Crippen molar-refractivity contribution in [2.45, 2.75) is 38.8 Å². The maximum absolute atomic E-state index is 13.7. The lowest BCUT2D eigenvalue weighted by atomic mass is 9.99. The summed E-state index contributed by atoms with van der Waals surface area (Å²) in [7, 11) is 0. The minimum atomic E-state index is -0.552. The molecule has 2 aliphatic rings. The molecule has 35 heavy (non-hydrogen) atoms. The number of amides is 2. The third kappa shape index (κ3) is 5.27. The van der Waals surface area contributed by atoms with Gasteiger partial charge in [0.05, 0.1) is 6.54 Å². The van der Waals surface area contributed by atoms with Crippen molar-refractivity contribution < 1.29 is 14.1 Å². The summed E-state index contributed by atoms with van der Waals surface area (Å²) in [6.07, 6.45) is 2.34. The first-order chi connectivity index (χ1) is 17.1. The van der Waals surface area contributed by atoms with E-state index in [2.05, 4.69) is 15.0 Å². The second kappa shape index (κ2) is 10.4. The van der Waals surface area contributed by atoms with E-state index in [1.807, 2.05) is 66.4 Å². The van der Waals surface area contributed by atoms with Crippen LogP contribution in [0, 0.1) is 6.92 Å². The maximum Gasteiger partial charge on any atom is 0.250 e. The second-order valence-corrected chi connectivity index (χ2v) is 9.34. The molecule has 0 aliphatic carbocycles. The van der Waals surface area contributed by atoms with Crippen molar-refractivity contribution in [3.63, 3.8) is 0 Å². The molecule has 0 bridgehead atoms. The summed E-state index contributed by atoms with van der Waals surface area (Å²) in [4.78, 5) is 36.8. The van der Waals surface area contributed by atoms with Crippen LogP contribution in [0.1, 0.15) is 42.3 Å². The first-order valence-electron chi connectivity index (χ1n) is 12.3. The highest BCUT2D eigenvalue weighted by atomic mass is 16.5. The summed E-state index contributed by atoms with van der Waals surface area (Å²) in [6, 6.07) is 17.2. The Labute approximate surface area is 205 Å². The summed E-state index contributed by atoms with van der Waals surface area (Å²) in [5.74, 6) is 1.23. The van der Waals surface area contributed by atoms with E-state index in [1.54, 1.807) is 4.90 Å². The van der Waals surface area contributed by atoms with Crippen molar-refractivity contribution in [3.8, 4) is 11.4 Å². The molecule has 182 valence electrons. The van der Waals surface area contributed by atoms with Gasteiger partial charge in [0.15, 0.2) is 0 Å². The Morgan fingerprint density at radius 1 is 0.971 bits per heavy atom. The van der Waals surface area contributed by atoms with Gasteiger partial charge in [0.25, 0.3) is 0 Å². The first kappa shape index (κ1) is 23.2. The summed E-state index contributed by atoms with van der Waals surface area (Å²) >= 11 is 0. The van der Waals surface area contributed by atoms with E-state index in [0.29, 0.717) is 57.4 Å². The third-order valence-corrected chi connectivity index (χ3v) is 6.84. The van der Waals surface area contributed by atoms with Gasteiger partial charge in [-0.25, -0.2) is 0 Å². The van der Waals surface area contributed by atoms with Crippen LogP contribution in [0.25, 0.3) is 11.4 Å². The highest BCUT2D eigenvalue weighted by Crippen LogP contribution is 2.28. The summed E-state index contributed by atoms with van der Waals surface area (Å²) < 4.78 is 5.49. The zero-order valence-electron chi connectivity index (χ0n) is 20.1. The summed E-state index contributed by atoms with van der Waals surface area (Å²) in [6.45, 7) is 5.85. The van der Waals surface area contributed by atoms with Gasteiger partial charge in [0.1, 0.15) is 6.04 Å². The number of carbonyl (C=O) groups excluding carboxylic acids is 2. The molecule has 2 aromatic carbocycles. The van der Waals surface area contributed by atoms with Crippen LogP contribution < -0.4 is 0 Å². The predicted molar refractivity (Wildman–Crippen MR) is 131 cm³/mol. The average molecular weight is 474 g/mol. The lowest BCUT2D eigenvalue weighted by Crippen LogP contribution is -2.53. The van der Waals surface area contributed by atoms with Gasteiger partial charge in [-0.3, -0.25) is 14.5 Å². The van der Waals surface area contributed by atoms with Crippen LogP contribution >= 0.6 is 0 Å². The van der Waals surface area contributed by atoms with Crippen LogP contribution in [-0.4, -0.2) is 69.4 Å². The van der Waals surface area contributed by atoms with Crippen molar-refractivity contribution in [2.75, 3.05) is 32.7 Å².